The predicted molar refractivity (Wildman–Crippen MR) is 62.2 cm³/mol. The van der Waals surface area contributed by atoms with Gasteiger partial charge in [-0.3, -0.25) is 5.41 Å². The van der Waals surface area contributed by atoms with Crippen molar-refractivity contribution in [2.75, 3.05) is 26.7 Å². The van der Waals surface area contributed by atoms with E-state index in [-0.39, 0.29) is 0 Å². The molecule has 0 saturated carbocycles. The molecule has 0 amide bonds. The molecule has 1 heterocycles. The van der Waals surface area contributed by atoms with E-state index in [9.17, 15) is 0 Å². The third kappa shape index (κ3) is 5.14. The van der Waals surface area contributed by atoms with Crippen molar-refractivity contribution in [3.8, 4) is 0 Å². The summed E-state index contributed by atoms with van der Waals surface area (Å²) < 4.78 is 5.37. The Hall–Kier alpha value is -0.610. The van der Waals surface area contributed by atoms with Crippen molar-refractivity contribution in [1.29, 1.82) is 5.41 Å². The first-order chi connectivity index (χ1) is 7.22. The summed E-state index contributed by atoms with van der Waals surface area (Å²) in [4.78, 5) is 2.46. The SMILES string of the molecule is COC1CCCN(CCCCC(=N)N)C1. The first kappa shape index (κ1) is 12.5. The van der Waals surface area contributed by atoms with Crippen LogP contribution in [0.2, 0.25) is 0 Å². The number of nitrogens with two attached hydrogens (primary N) is 1. The van der Waals surface area contributed by atoms with Crippen LogP contribution in [0.1, 0.15) is 32.1 Å². The zero-order chi connectivity index (χ0) is 11.1. The Labute approximate surface area is 92.3 Å². The first-order valence-corrected chi connectivity index (χ1v) is 5.80. The molecule has 15 heavy (non-hydrogen) atoms. The van der Waals surface area contributed by atoms with Crippen LogP contribution in [0, 0.1) is 5.41 Å². The van der Waals surface area contributed by atoms with E-state index in [0.717, 1.165) is 32.4 Å². The van der Waals surface area contributed by atoms with E-state index in [1.165, 1.54) is 19.4 Å². The summed E-state index contributed by atoms with van der Waals surface area (Å²) in [5.41, 5.74) is 5.30. The van der Waals surface area contributed by atoms with Gasteiger partial charge in [0.1, 0.15) is 0 Å². The quantitative estimate of drug-likeness (QED) is 0.396. The molecule has 4 heteroatoms. The Kier molecular flexibility index (Phi) is 5.65. The molecule has 1 aliphatic rings. The molecular formula is C11H23N3O. The van der Waals surface area contributed by atoms with Gasteiger partial charge in [0.25, 0.3) is 0 Å². The normalized spacial score (nSPS) is 22.9. The number of piperidine rings is 1. The second-order valence-electron chi connectivity index (χ2n) is 4.28. The Morgan fingerprint density at radius 2 is 2.33 bits per heavy atom. The number of ether oxygens (including phenoxy) is 1. The Morgan fingerprint density at radius 1 is 1.53 bits per heavy atom. The van der Waals surface area contributed by atoms with Gasteiger partial charge in [0.15, 0.2) is 0 Å². The summed E-state index contributed by atoms with van der Waals surface area (Å²) in [7, 11) is 1.80. The van der Waals surface area contributed by atoms with Crippen molar-refractivity contribution >= 4 is 5.84 Å². The molecule has 1 saturated heterocycles. The van der Waals surface area contributed by atoms with Gasteiger partial charge in [-0.05, 0) is 38.8 Å². The number of rotatable bonds is 6. The molecule has 4 nitrogen and oxygen atoms in total. The van der Waals surface area contributed by atoms with Crippen LogP contribution in [0.4, 0.5) is 0 Å². The Bertz CT molecular complexity index is 196. The van der Waals surface area contributed by atoms with Crippen molar-refractivity contribution in [2.45, 2.75) is 38.2 Å². The van der Waals surface area contributed by atoms with E-state index in [2.05, 4.69) is 4.90 Å². The van der Waals surface area contributed by atoms with Gasteiger partial charge in [-0.15, -0.1) is 0 Å². The lowest BCUT2D eigenvalue weighted by Crippen LogP contribution is -2.39. The monoisotopic (exact) mass is 213 g/mol. The molecule has 1 rings (SSSR count). The lowest BCUT2D eigenvalue weighted by atomic mass is 10.1. The van der Waals surface area contributed by atoms with Crippen LogP contribution in [-0.4, -0.2) is 43.6 Å². The summed E-state index contributed by atoms with van der Waals surface area (Å²) in [5.74, 6) is 0.309. The number of nitrogens with one attached hydrogen (secondary N) is 1. The van der Waals surface area contributed by atoms with Gasteiger partial charge in [0.05, 0.1) is 11.9 Å². The zero-order valence-corrected chi connectivity index (χ0v) is 9.67. The van der Waals surface area contributed by atoms with Gasteiger partial charge in [-0.2, -0.15) is 0 Å². The molecule has 0 aromatic rings. The van der Waals surface area contributed by atoms with Crippen LogP contribution in [0.3, 0.4) is 0 Å². The van der Waals surface area contributed by atoms with Crippen molar-refractivity contribution in [3.05, 3.63) is 0 Å². The third-order valence-electron chi connectivity index (χ3n) is 2.97. The van der Waals surface area contributed by atoms with Crippen LogP contribution in [-0.2, 0) is 4.74 Å². The minimum atomic E-state index is 0.309. The first-order valence-electron chi connectivity index (χ1n) is 5.80. The maximum Gasteiger partial charge on any atom is 0.0905 e. The number of amidine groups is 1. The molecule has 1 fully saturated rings. The molecule has 3 N–H and O–H groups in total. The van der Waals surface area contributed by atoms with Gasteiger partial charge >= 0.3 is 0 Å². The molecule has 1 aliphatic heterocycles. The van der Waals surface area contributed by atoms with E-state index in [1.807, 2.05) is 0 Å². The fraction of sp³-hybridized carbons (Fsp3) is 0.909. The van der Waals surface area contributed by atoms with Crippen LogP contribution in [0.25, 0.3) is 0 Å². The van der Waals surface area contributed by atoms with Crippen LogP contribution in [0.5, 0.6) is 0 Å². The molecule has 0 spiro atoms. The van der Waals surface area contributed by atoms with Crippen molar-refractivity contribution in [3.63, 3.8) is 0 Å². The van der Waals surface area contributed by atoms with E-state index < -0.39 is 0 Å². The standard InChI is InChI=1S/C11H23N3O/c1-15-10-5-4-8-14(9-10)7-3-2-6-11(12)13/h10H,2-9H2,1H3,(H3,12,13). The minimum absolute atomic E-state index is 0.309. The number of likely N-dealkylation sites (tertiary alicyclic amines) is 1. The number of hydrogen-bond acceptors (Lipinski definition) is 3. The molecule has 1 atom stereocenters. The van der Waals surface area contributed by atoms with Gasteiger partial charge in [0.2, 0.25) is 0 Å². The summed E-state index contributed by atoms with van der Waals surface area (Å²) in [6.07, 6.45) is 5.76. The van der Waals surface area contributed by atoms with Crippen molar-refractivity contribution in [2.24, 2.45) is 5.73 Å². The van der Waals surface area contributed by atoms with E-state index in [1.54, 1.807) is 7.11 Å². The highest BCUT2D eigenvalue weighted by molar-refractivity contribution is 5.76. The second kappa shape index (κ2) is 6.80. The molecule has 88 valence electrons. The second-order valence-corrected chi connectivity index (χ2v) is 4.28. The van der Waals surface area contributed by atoms with Crippen molar-refractivity contribution in [1.82, 2.24) is 4.90 Å². The summed E-state index contributed by atoms with van der Waals surface area (Å²) in [5, 5.41) is 7.12. The average Bonchev–Trinajstić information content (AvgIpc) is 2.24. The average molecular weight is 213 g/mol. The fourth-order valence-electron chi connectivity index (χ4n) is 2.06. The smallest absolute Gasteiger partial charge is 0.0905 e. The summed E-state index contributed by atoms with van der Waals surface area (Å²) in [6, 6.07) is 0. The summed E-state index contributed by atoms with van der Waals surface area (Å²) >= 11 is 0. The van der Waals surface area contributed by atoms with E-state index in [0.29, 0.717) is 11.9 Å². The van der Waals surface area contributed by atoms with Crippen LogP contribution < -0.4 is 5.73 Å². The highest BCUT2D eigenvalue weighted by atomic mass is 16.5. The van der Waals surface area contributed by atoms with E-state index >= 15 is 0 Å². The van der Waals surface area contributed by atoms with E-state index in [4.69, 9.17) is 15.9 Å². The van der Waals surface area contributed by atoms with Gasteiger partial charge in [-0.25, -0.2) is 0 Å². The topological polar surface area (TPSA) is 62.3 Å². The highest BCUT2D eigenvalue weighted by Gasteiger charge is 2.18. The number of methoxy groups -OCH3 is 1. The highest BCUT2D eigenvalue weighted by Crippen LogP contribution is 2.13. The van der Waals surface area contributed by atoms with Crippen LogP contribution >= 0.6 is 0 Å². The van der Waals surface area contributed by atoms with Crippen LogP contribution in [0.15, 0.2) is 0 Å². The maximum absolute atomic E-state index is 7.12. The molecular weight excluding hydrogens is 190 g/mol. The predicted octanol–water partition coefficient (Wildman–Crippen LogP) is 1.20. The molecule has 1 unspecified atom stereocenters. The third-order valence-corrected chi connectivity index (χ3v) is 2.97. The number of unbranched alkanes of at least 4 members (excludes halogenated alkanes) is 1. The Balaban J connectivity index is 2.07. The van der Waals surface area contributed by atoms with Gasteiger partial charge in [0, 0.05) is 20.1 Å². The maximum atomic E-state index is 7.12. The van der Waals surface area contributed by atoms with Gasteiger partial charge < -0.3 is 15.4 Å². The van der Waals surface area contributed by atoms with Crippen molar-refractivity contribution < 1.29 is 4.74 Å². The molecule has 0 bridgehead atoms. The zero-order valence-electron chi connectivity index (χ0n) is 9.67. The minimum Gasteiger partial charge on any atom is -0.388 e. The Morgan fingerprint density at radius 3 is 3.00 bits per heavy atom. The lowest BCUT2D eigenvalue weighted by Gasteiger charge is -2.31. The number of nitrogens with zero attached hydrogens (tertiary/aromatic N) is 1. The fourth-order valence-corrected chi connectivity index (χ4v) is 2.06. The molecule has 0 radical (unpaired) electrons. The van der Waals surface area contributed by atoms with Gasteiger partial charge in [-0.1, -0.05) is 0 Å². The molecule has 0 aromatic heterocycles. The molecule has 0 aliphatic carbocycles. The summed E-state index contributed by atoms with van der Waals surface area (Å²) in [6.45, 7) is 3.38. The lowest BCUT2D eigenvalue weighted by molar-refractivity contribution is 0.0310. The largest absolute Gasteiger partial charge is 0.388 e. The molecule has 0 aromatic carbocycles. The number of hydrogen-bond donors (Lipinski definition) is 2.